The Labute approximate surface area is 157 Å². The summed E-state index contributed by atoms with van der Waals surface area (Å²) in [6.45, 7) is 14.3. The first kappa shape index (κ1) is 19.8. The van der Waals surface area contributed by atoms with Crippen molar-refractivity contribution in [2.24, 2.45) is 0 Å². The van der Waals surface area contributed by atoms with E-state index in [-0.39, 0.29) is 6.42 Å². The molecule has 0 aliphatic rings. The van der Waals surface area contributed by atoms with E-state index >= 15 is 0 Å². The van der Waals surface area contributed by atoms with Crippen molar-refractivity contribution in [2.45, 2.75) is 54.4 Å². The van der Waals surface area contributed by atoms with Gasteiger partial charge in [0, 0.05) is 24.5 Å². The molecule has 26 heavy (non-hydrogen) atoms. The average molecular weight is 351 g/mol. The van der Waals surface area contributed by atoms with Gasteiger partial charge in [0.1, 0.15) is 5.75 Å². The molecular formula is C22H29N3O. The molecule has 0 amide bonds. The Morgan fingerprint density at radius 3 is 2.27 bits per heavy atom. The summed E-state index contributed by atoms with van der Waals surface area (Å²) >= 11 is 0. The minimum absolute atomic E-state index is 0.280. The molecular weight excluding hydrogens is 322 g/mol. The van der Waals surface area contributed by atoms with Gasteiger partial charge in [-0.3, -0.25) is 0 Å². The van der Waals surface area contributed by atoms with Crippen LogP contribution in [-0.2, 0) is 6.42 Å². The molecule has 4 heteroatoms. The fraction of sp³-hybridized carbons (Fsp3) is 0.455. The Bertz CT molecular complexity index is 798. The van der Waals surface area contributed by atoms with Crippen molar-refractivity contribution in [3.05, 3.63) is 46.1 Å². The zero-order valence-electron chi connectivity index (χ0n) is 16.8. The molecule has 0 saturated carbocycles. The van der Waals surface area contributed by atoms with Crippen LogP contribution in [0.5, 0.6) is 11.6 Å². The van der Waals surface area contributed by atoms with Gasteiger partial charge in [0.15, 0.2) is 0 Å². The first-order chi connectivity index (χ1) is 12.4. The van der Waals surface area contributed by atoms with Crippen LogP contribution in [-0.4, -0.2) is 18.1 Å². The topological polar surface area (TPSA) is 49.2 Å². The quantitative estimate of drug-likeness (QED) is 0.669. The third kappa shape index (κ3) is 4.35. The van der Waals surface area contributed by atoms with Crippen LogP contribution in [0.25, 0.3) is 0 Å². The molecule has 0 fully saturated rings. The average Bonchev–Trinajstić information content (AvgIpc) is 2.58. The van der Waals surface area contributed by atoms with E-state index in [4.69, 9.17) is 4.74 Å². The second-order valence-corrected chi connectivity index (χ2v) is 6.81. The van der Waals surface area contributed by atoms with Gasteiger partial charge in [-0.05, 0) is 58.2 Å². The maximum absolute atomic E-state index is 9.38. The third-order valence-electron chi connectivity index (χ3n) is 4.47. The molecule has 1 aromatic carbocycles. The number of hydrogen-bond donors (Lipinski definition) is 0. The zero-order chi connectivity index (χ0) is 19.3. The molecule has 0 atom stereocenters. The summed E-state index contributed by atoms with van der Waals surface area (Å²) < 4.78 is 6.28. The third-order valence-corrected chi connectivity index (χ3v) is 4.47. The van der Waals surface area contributed by atoms with E-state index in [2.05, 4.69) is 54.9 Å². The standard InChI is InChI=1S/C22H29N3O/c1-7-11-25(8-2)20-14-18(6)24-22(19(20)9-10-23)26-21-16(4)12-15(3)13-17(21)5/h12-14H,7-9,11H2,1-6H3. The summed E-state index contributed by atoms with van der Waals surface area (Å²) in [4.78, 5) is 6.92. The lowest BCUT2D eigenvalue weighted by Crippen LogP contribution is -2.25. The molecule has 0 N–H and O–H groups in total. The van der Waals surface area contributed by atoms with E-state index in [0.29, 0.717) is 5.88 Å². The lowest BCUT2D eigenvalue weighted by Gasteiger charge is -2.26. The molecule has 0 bridgehead atoms. The number of hydrogen-bond acceptors (Lipinski definition) is 4. The molecule has 0 saturated heterocycles. The Balaban J connectivity index is 2.58. The van der Waals surface area contributed by atoms with Crippen LogP contribution in [0.15, 0.2) is 18.2 Å². The zero-order valence-corrected chi connectivity index (χ0v) is 16.8. The molecule has 138 valence electrons. The molecule has 4 nitrogen and oxygen atoms in total. The number of ether oxygens (including phenoxy) is 1. The highest BCUT2D eigenvalue weighted by Crippen LogP contribution is 2.35. The maximum Gasteiger partial charge on any atom is 0.225 e. The Hall–Kier alpha value is -2.54. The molecule has 1 aromatic heterocycles. The van der Waals surface area contributed by atoms with Crippen LogP contribution in [0.1, 0.15) is 48.2 Å². The molecule has 0 unspecified atom stereocenters. The number of aryl methyl sites for hydroxylation is 4. The van der Waals surface area contributed by atoms with Crippen LogP contribution in [0, 0.1) is 39.0 Å². The Morgan fingerprint density at radius 2 is 1.73 bits per heavy atom. The highest BCUT2D eigenvalue weighted by atomic mass is 16.5. The van der Waals surface area contributed by atoms with Gasteiger partial charge in [0.05, 0.1) is 18.1 Å². The van der Waals surface area contributed by atoms with Gasteiger partial charge in [-0.2, -0.15) is 5.26 Å². The molecule has 2 rings (SSSR count). The van der Waals surface area contributed by atoms with Crippen LogP contribution in [0.3, 0.4) is 0 Å². The van der Waals surface area contributed by atoms with Gasteiger partial charge in [0.2, 0.25) is 5.88 Å². The van der Waals surface area contributed by atoms with Crippen molar-refractivity contribution in [3.63, 3.8) is 0 Å². The van der Waals surface area contributed by atoms with E-state index in [9.17, 15) is 5.26 Å². The number of nitriles is 1. The van der Waals surface area contributed by atoms with Crippen LogP contribution < -0.4 is 9.64 Å². The number of nitrogens with zero attached hydrogens (tertiary/aromatic N) is 3. The largest absolute Gasteiger partial charge is 0.438 e. The van der Waals surface area contributed by atoms with E-state index in [1.807, 2.05) is 20.8 Å². The SMILES string of the molecule is CCCN(CC)c1cc(C)nc(Oc2c(C)cc(C)cc2C)c1CC#N. The number of aromatic nitrogens is 1. The van der Waals surface area contributed by atoms with E-state index < -0.39 is 0 Å². The van der Waals surface area contributed by atoms with Crippen molar-refractivity contribution in [1.82, 2.24) is 4.98 Å². The summed E-state index contributed by atoms with van der Waals surface area (Å²) in [5.41, 5.74) is 6.19. The van der Waals surface area contributed by atoms with Crippen molar-refractivity contribution in [1.29, 1.82) is 5.26 Å². The predicted molar refractivity (Wildman–Crippen MR) is 107 cm³/mol. The number of benzene rings is 1. The fourth-order valence-electron chi connectivity index (χ4n) is 3.41. The van der Waals surface area contributed by atoms with E-state index in [0.717, 1.165) is 53.3 Å². The second-order valence-electron chi connectivity index (χ2n) is 6.81. The normalized spacial score (nSPS) is 10.5. The number of rotatable bonds is 7. The molecule has 0 spiro atoms. The smallest absolute Gasteiger partial charge is 0.225 e. The number of anilines is 1. The van der Waals surface area contributed by atoms with Gasteiger partial charge in [-0.25, -0.2) is 4.98 Å². The molecule has 2 aromatic rings. The summed E-state index contributed by atoms with van der Waals surface area (Å²) in [5.74, 6) is 1.38. The van der Waals surface area contributed by atoms with Gasteiger partial charge >= 0.3 is 0 Å². The first-order valence-corrected chi connectivity index (χ1v) is 9.29. The van der Waals surface area contributed by atoms with Crippen molar-refractivity contribution >= 4 is 5.69 Å². The van der Waals surface area contributed by atoms with Gasteiger partial charge in [0.25, 0.3) is 0 Å². The number of pyridine rings is 1. The Kier molecular flexibility index (Phi) is 6.63. The van der Waals surface area contributed by atoms with E-state index in [1.54, 1.807) is 0 Å². The summed E-state index contributed by atoms with van der Waals surface area (Å²) in [6, 6.07) is 8.56. The van der Waals surface area contributed by atoms with Crippen LogP contribution >= 0.6 is 0 Å². The molecule has 0 aliphatic heterocycles. The fourth-order valence-corrected chi connectivity index (χ4v) is 3.41. The lowest BCUT2D eigenvalue weighted by molar-refractivity contribution is 0.449. The lowest BCUT2D eigenvalue weighted by atomic mass is 10.1. The van der Waals surface area contributed by atoms with Crippen molar-refractivity contribution in [3.8, 4) is 17.7 Å². The van der Waals surface area contributed by atoms with Crippen molar-refractivity contribution < 1.29 is 4.74 Å². The monoisotopic (exact) mass is 351 g/mol. The van der Waals surface area contributed by atoms with Crippen LogP contribution in [0.4, 0.5) is 5.69 Å². The highest BCUT2D eigenvalue weighted by Gasteiger charge is 2.19. The first-order valence-electron chi connectivity index (χ1n) is 9.29. The molecule has 0 aliphatic carbocycles. The van der Waals surface area contributed by atoms with Crippen LogP contribution in [0.2, 0.25) is 0 Å². The predicted octanol–water partition coefficient (Wildman–Crippen LogP) is 5.41. The van der Waals surface area contributed by atoms with Crippen molar-refractivity contribution in [2.75, 3.05) is 18.0 Å². The highest BCUT2D eigenvalue weighted by molar-refractivity contribution is 5.60. The summed E-state index contributed by atoms with van der Waals surface area (Å²) in [6.07, 6.45) is 1.33. The molecule has 1 heterocycles. The molecule has 0 radical (unpaired) electrons. The summed E-state index contributed by atoms with van der Waals surface area (Å²) in [5, 5.41) is 9.38. The minimum atomic E-state index is 0.280. The minimum Gasteiger partial charge on any atom is -0.438 e. The summed E-state index contributed by atoms with van der Waals surface area (Å²) in [7, 11) is 0. The maximum atomic E-state index is 9.38. The van der Waals surface area contributed by atoms with E-state index in [1.165, 1.54) is 5.56 Å². The second kappa shape index (κ2) is 8.71. The van der Waals surface area contributed by atoms with Gasteiger partial charge < -0.3 is 9.64 Å². The van der Waals surface area contributed by atoms with Gasteiger partial charge in [-0.15, -0.1) is 0 Å². The van der Waals surface area contributed by atoms with Gasteiger partial charge in [-0.1, -0.05) is 24.6 Å². The Morgan fingerprint density at radius 1 is 1.08 bits per heavy atom.